The van der Waals surface area contributed by atoms with Crippen molar-refractivity contribution in [2.24, 2.45) is 5.73 Å². The predicted octanol–water partition coefficient (Wildman–Crippen LogP) is 3.43. The summed E-state index contributed by atoms with van der Waals surface area (Å²) in [7, 11) is 0. The molecule has 10 heteroatoms. The fraction of sp³-hybridized carbons (Fsp3) is 0.360. The van der Waals surface area contributed by atoms with Crippen molar-refractivity contribution in [1.29, 1.82) is 0 Å². The van der Waals surface area contributed by atoms with E-state index < -0.39 is 11.9 Å². The molecule has 9 nitrogen and oxygen atoms in total. The summed E-state index contributed by atoms with van der Waals surface area (Å²) < 4.78 is 17.0. The zero-order valence-corrected chi connectivity index (χ0v) is 20.1. The average molecular weight is 497 g/mol. The van der Waals surface area contributed by atoms with E-state index in [0.717, 1.165) is 59.8 Å². The molecule has 35 heavy (non-hydrogen) atoms. The Labute approximate surface area is 207 Å². The summed E-state index contributed by atoms with van der Waals surface area (Å²) in [5.41, 5.74) is 7.51. The highest BCUT2D eigenvalue weighted by atomic mass is 32.1. The van der Waals surface area contributed by atoms with Gasteiger partial charge in [0.15, 0.2) is 0 Å². The van der Waals surface area contributed by atoms with Gasteiger partial charge in [0.25, 0.3) is 5.91 Å². The predicted molar refractivity (Wildman–Crippen MR) is 136 cm³/mol. The Morgan fingerprint density at radius 2 is 1.83 bits per heavy atom. The van der Waals surface area contributed by atoms with Crippen LogP contribution in [-0.2, 0) is 22.5 Å². The lowest BCUT2D eigenvalue weighted by molar-refractivity contribution is 0.0323. The number of morpholine rings is 1. The van der Waals surface area contributed by atoms with Gasteiger partial charge >= 0.3 is 6.03 Å². The van der Waals surface area contributed by atoms with Crippen molar-refractivity contribution in [3.8, 4) is 5.75 Å². The molecule has 5 rings (SSSR count). The Morgan fingerprint density at radius 3 is 2.63 bits per heavy atom. The Balaban J connectivity index is 1.30. The number of nitrogens with one attached hydrogen (secondary N) is 2. The van der Waals surface area contributed by atoms with Gasteiger partial charge in [-0.05, 0) is 24.1 Å². The quantitative estimate of drug-likeness (QED) is 0.462. The van der Waals surface area contributed by atoms with Crippen LogP contribution in [0, 0.1) is 0 Å². The molecule has 2 aliphatic rings. The standard InChI is InChI=1S/C25H28N4O5S/c26-23(30)22-18-7-11-33-15-21(18)35-24(22)28-25(31)27-19-5-6-20(17-4-2-1-3-16(17)19)34-14-10-29-8-12-32-13-9-29/h1-6H,7-15H2,(H2,26,30)(H2,27,28,31). The molecule has 0 spiro atoms. The number of fused-ring (bicyclic) bond motifs is 2. The number of amides is 3. The second kappa shape index (κ2) is 10.6. The van der Waals surface area contributed by atoms with Crippen molar-refractivity contribution in [3.63, 3.8) is 0 Å². The van der Waals surface area contributed by atoms with E-state index in [4.69, 9.17) is 19.9 Å². The molecule has 1 aromatic heterocycles. The van der Waals surface area contributed by atoms with Gasteiger partial charge in [-0.2, -0.15) is 0 Å². The first-order chi connectivity index (χ1) is 17.1. The van der Waals surface area contributed by atoms with Crippen molar-refractivity contribution in [2.45, 2.75) is 13.0 Å². The van der Waals surface area contributed by atoms with Crippen molar-refractivity contribution >= 4 is 44.7 Å². The molecule has 2 aliphatic heterocycles. The van der Waals surface area contributed by atoms with Gasteiger partial charge in [0.2, 0.25) is 0 Å². The van der Waals surface area contributed by atoms with Gasteiger partial charge in [0, 0.05) is 35.3 Å². The number of nitrogens with two attached hydrogens (primary N) is 1. The van der Waals surface area contributed by atoms with Gasteiger partial charge in [-0.1, -0.05) is 24.3 Å². The molecule has 3 aromatic rings. The number of ether oxygens (including phenoxy) is 3. The van der Waals surface area contributed by atoms with Crippen LogP contribution in [0.1, 0.15) is 20.8 Å². The molecule has 3 amide bonds. The molecule has 0 atom stereocenters. The minimum atomic E-state index is -0.552. The number of benzene rings is 2. The van der Waals surface area contributed by atoms with Crippen LogP contribution in [-0.4, -0.2) is 62.9 Å². The van der Waals surface area contributed by atoms with Crippen LogP contribution in [0.25, 0.3) is 10.8 Å². The molecule has 184 valence electrons. The van der Waals surface area contributed by atoms with Crippen LogP contribution in [0.15, 0.2) is 36.4 Å². The van der Waals surface area contributed by atoms with E-state index >= 15 is 0 Å². The average Bonchev–Trinajstić information content (AvgIpc) is 3.24. The normalized spacial score (nSPS) is 16.0. The zero-order chi connectivity index (χ0) is 24.2. The number of primary amides is 1. The molecule has 0 bridgehead atoms. The third kappa shape index (κ3) is 5.25. The molecule has 3 heterocycles. The molecular formula is C25H28N4O5S. The number of rotatable bonds is 7. The van der Waals surface area contributed by atoms with Gasteiger partial charge in [0.05, 0.1) is 37.7 Å². The van der Waals surface area contributed by atoms with Crippen LogP contribution in [0.3, 0.4) is 0 Å². The molecular weight excluding hydrogens is 468 g/mol. The second-order valence-electron chi connectivity index (χ2n) is 8.41. The summed E-state index contributed by atoms with van der Waals surface area (Å²) >= 11 is 1.33. The lowest BCUT2D eigenvalue weighted by Crippen LogP contribution is -2.38. The number of nitrogens with zero attached hydrogens (tertiary/aromatic N) is 1. The SMILES string of the molecule is NC(=O)c1c(NC(=O)Nc2ccc(OCCN3CCOCC3)c3ccccc23)sc2c1CCOC2. The number of hydrogen-bond acceptors (Lipinski definition) is 7. The summed E-state index contributed by atoms with van der Waals surface area (Å²) in [5, 5.41) is 7.94. The van der Waals surface area contributed by atoms with Gasteiger partial charge in [-0.3, -0.25) is 15.0 Å². The smallest absolute Gasteiger partial charge is 0.324 e. The number of carbonyl (C=O) groups is 2. The Kier molecular flexibility index (Phi) is 7.14. The van der Waals surface area contributed by atoms with Crippen LogP contribution in [0.4, 0.5) is 15.5 Å². The van der Waals surface area contributed by atoms with Crippen LogP contribution >= 0.6 is 11.3 Å². The van der Waals surface area contributed by atoms with Crippen molar-refractivity contribution in [1.82, 2.24) is 4.90 Å². The fourth-order valence-electron chi connectivity index (χ4n) is 4.45. The highest BCUT2D eigenvalue weighted by molar-refractivity contribution is 7.17. The van der Waals surface area contributed by atoms with E-state index in [1.165, 1.54) is 11.3 Å². The number of urea groups is 1. The third-order valence-electron chi connectivity index (χ3n) is 6.19. The fourth-order valence-corrected chi connectivity index (χ4v) is 5.64. The highest BCUT2D eigenvalue weighted by Crippen LogP contribution is 2.37. The lowest BCUT2D eigenvalue weighted by Gasteiger charge is -2.26. The highest BCUT2D eigenvalue weighted by Gasteiger charge is 2.25. The molecule has 0 unspecified atom stereocenters. The Bertz CT molecular complexity index is 1240. The van der Waals surface area contributed by atoms with Crippen molar-refractivity contribution in [2.75, 3.05) is 56.7 Å². The molecule has 0 saturated carbocycles. The first-order valence-corrected chi connectivity index (χ1v) is 12.5. The maximum atomic E-state index is 12.9. The van der Waals surface area contributed by atoms with Gasteiger partial charge in [-0.25, -0.2) is 4.79 Å². The van der Waals surface area contributed by atoms with E-state index in [0.29, 0.717) is 42.5 Å². The first kappa shape index (κ1) is 23.6. The summed E-state index contributed by atoms with van der Waals surface area (Å²) in [6.45, 7) is 5.70. The number of thiophene rings is 1. The Hall–Kier alpha value is -3.18. The van der Waals surface area contributed by atoms with Gasteiger partial charge in [-0.15, -0.1) is 11.3 Å². The van der Waals surface area contributed by atoms with Gasteiger partial charge < -0.3 is 25.3 Å². The maximum absolute atomic E-state index is 12.9. The van der Waals surface area contributed by atoms with Crippen molar-refractivity contribution < 1.29 is 23.8 Å². The van der Waals surface area contributed by atoms with E-state index in [9.17, 15) is 9.59 Å². The largest absolute Gasteiger partial charge is 0.492 e. The third-order valence-corrected chi connectivity index (χ3v) is 7.32. The summed E-state index contributed by atoms with van der Waals surface area (Å²) in [6, 6.07) is 11.0. The van der Waals surface area contributed by atoms with Crippen LogP contribution in [0.5, 0.6) is 5.75 Å². The minimum Gasteiger partial charge on any atom is -0.492 e. The molecule has 4 N–H and O–H groups in total. The van der Waals surface area contributed by atoms with E-state index in [-0.39, 0.29) is 0 Å². The molecule has 1 fully saturated rings. The van der Waals surface area contributed by atoms with E-state index in [1.54, 1.807) is 0 Å². The number of carbonyl (C=O) groups excluding carboxylic acids is 2. The molecule has 0 aliphatic carbocycles. The lowest BCUT2D eigenvalue weighted by atomic mass is 10.1. The van der Waals surface area contributed by atoms with Crippen LogP contribution in [0.2, 0.25) is 0 Å². The van der Waals surface area contributed by atoms with Gasteiger partial charge in [0.1, 0.15) is 17.4 Å². The summed E-state index contributed by atoms with van der Waals surface area (Å²) in [6.07, 6.45) is 0.602. The molecule has 0 radical (unpaired) electrons. The summed E-state index contributed by atoms with van der Waals surface area (Å²) in [4.78, 5) is 28.2. The van der Waals surface area contributed by atoms with E-state index in [2.05, 4.69) is 15.5 Å². The zero-order valence-electron chi connectivity index (χ0n) is 19.3. The summed E-state index contributed by atoms with van der Waals surface area (Å²) in [5.74, 6) is 0.213. The molecule has 2 aromatic carbocycles. The topological polar surface area (TPSA) is 115 Å². The van der Waals surface area contributed by atoms with Crippen LogP contribution < -0.4 is 21.1 Å². The Morgan fingerprint density at radius 1 is 1.03 bits per heavy atom. The second-order valence-corrected chi connectivity index (χ2v) is 9.52. The number of hydrogen-bond donors (Lipinski definition) is 3. The number of anilines is 2. The maximum Gasteiger partial charge on any atom is 0.324 e. The van der Waals surface area contributed by atoms with E-state index in [1.807, 2.05) is 36.4 Å². The van der Waals surface area contributed by atoms with Crippen molar-refractivity contribution in [3.05, 3.63) is 52.4 Å². The molecule has 1 saturated heterocycles. The minimum absolute atomic E-state index is 0.373. The monoisotopic (exact) mass is 496 g/mol. The first-order valence-electron chi connectivity index (χ1n) is 11.6.